The molecule has 2 atom stereocenters. The second kappa shape index (κ2) is 7.42. The summed E-state index contributed by atoms with van der Waals surface area (Å²) in [6.07, 6.45) is 2.73. The van der Waals surface area contributed by atoms with Crippen LogP contribution in [0.25, 0.3) is 0 Å². The molecule has 8 heteroatoms. The summed E-state index contributed by atoms with van der Waals surface area (Å²) in [6, 6.07) is 5.57. The topological polar surface area (TPSA) is 74.7 Å². The van der Waals surface area contributed by atoms with Crippen molar-refractivity contribution in [3.8, 4) is 0 Å². The number of nitrogens with one attached hydrogen (secondary N) is 1. The van der Waals surface area contributed by atoms with E-state index in [2.05, 4.69) is 15.2 Å². The van der Waals surface area contributed by atoms with Crippen LogP contribution in [0.1, 0.15) is 36.5 Å². The molecule has 6 nitrogen and oxygen atoms in total. The number of benzene rings is 1. The lowest BCUT2D eigenvalue weighted by molar-refractivity contribution is -0.195. The summed E-state index contributed by atoms with van der Waals surface area (Å²) in [7, 11) is 0. The van der Waals surface area contributed by atoms with Crippen LogP contribution in [-0.2, 0) is 4.74 Å². The Morgan fingerprint density at radius 2 is 2.18 bits per heavy atom. The van der Waals surface area contributed by atoms with Crippen molar-refractivity contribution < 1.29 is 19.0 Å². The molecular weight excluding hydrogens is 381 g/mol. The summed E-state index contributed by atoms with van der Waals surface area (Å²) in [4.78, 5) is 19.2. The number of anilines is 1. The Morgan fingerprint density at radius 1 is 1.39 bits per heavy atom. The molecule has 1 aromatic heterocycles. The maximum atomic E-state index is 13.5. The van der Waals surface area contributed by atoms with E-state index in [1.54, 1.807) is 23.6 Å². The van der Waals surface area contributed by atoms with Gasteiger partial charge < -0.3 is 20.1 Å². The fourth-order valence-corrected chi connectivity index (χ4v) is 4.92. The van der Waals surface area contributed by atoms with E-state index >= 15 is 0 Å². The molecule has 28 heavy (non-hydrogen) atoms. The number of rotatable bonds is 3. The number of hydrogen-bond donors (Lipinski definition) is 2. The van der Waals surface area contributed by atoms with Crippen molar-refractivity contribution in [2.75, 3.05) is 24.6 Å². The molecular formula is C20H24FN3O3S. The number of nitrogens with zero attached hydrogens (tertiary/aromatic N) is 2. The van der Waals surface area contributed by atoms with Crippen LogP contribution in [0, 0.1) is 5.82 Å². The molecule has 2 fully saturated rings. The molecule has 0 unspecified atom stereocenters. The molecule has 2 saturated heterocycles. The van der Waals surface area contributed by atoms with E-state index in [0.29, 0.717) is 25.9 Å². The van der Waals surface area contributed by atoms with Gasteiger partial charge in [0.05, 0.1) is 11.1 Å². The third-order valence-corrected chi connectivity index (χ3v) is 6.73. The van der Waals surface area contributed by atoms with Gasteiger partial charge in [-0.25, -0.2) is 9.37 Å². The molecule has 150 valence electrons. The fraction of sp³-hybridized carbons (Fsp3) is 0.500. The highest BCUT2D eigenvalue weighted by Crippen LogP contribution is 2.41. The molecule has 4 rings (SSSR count). The van der Waals surface area contributed by atoms with E-state index in [1.165, 1.54) is 18.2 Å². The third kappa shape index (κ3) is 3.52. The second-order valence-electron chi connectivity index (χ2n) is 7.75. The minimum atomic E-state index is -0.857. The van der Waals surface area contributed by atoms with Gasteiger partial charge in [-0.3, -0.25) is 4.79 Å². The lowest BCUT2D eigenvalue weighted by atomic mass is 9.73. The van der Waals surface area contributed by atoms with E-state index in [-0.39, 0.29) is 5.56 Å². The summed E-state index contributed by atoms with van der Waals surface area (Å²) >= 11 is 1.60. The monoisotopic (exact) mass is 405 g/mol. The van der Waals surface area contributed by atoms with Gasteiger partial charge in [-0.15, -0.1) is 11.3 Å². The lowest BCUT2D eigenvalue weighted by Crippen LogP contribution is -2.69. The number of aromatic nitrogens is 1. The highest BCUT2D eigenvalue weighted by atomic mass is 32.1. The maximum Gasteiger partial charge on any atom is 0.251 e. The zero-order valence-corrected chi connectivity index (χ0v) is 16.5. The Morgan fingerprint density at radius 3 is 2.86 bits per heavy atom. The number of hydrogen-bond acceptors (Lipinski definition) is 6. The van der Waals surface area contributed by atoms with Gasteiger partial charge in [-0.1, -0.05) is 6.07 Å². The summed E-state index contributed by atoms with van der Waals surface area (Å²) < 4.78 is 19.5. The first-order valence-electron chi connectivity index (χ1n) is 9.46. The van der Waals surface area contributed by atoms with Crippen LogP contribution in [0.2, 0.25) is 0 Å². The van der Waals surface area contributed by atoms with Crippen molar-refractivity contribution in [2.24, 2.45) is 0 Å². The first kappa shape index (κ1) is 19.3. The van der Waals surface area contributed by atoms with E-state index < -0.39 is 29.0 Å². The molecule has 0 saturated carbocycles. The molecule has 2 N–H and O–H groups in total. The predicted molar refractivity (Wildman–Crippen MR) is 105 cm³/mol. The molecule has 0 radical (unpaired) electrons. The minimum Gasteiger partial charge on any atom is -0.388 e. The quantitative estimate of drug-likeness (QED) is 0.821. The number of aliphatic hydroxyl groups is 1. The first-order valence-corrected chi connectivity index (χ1v) is 10.3. The molecule has 1 spiro atoms. The average Bonchev–Trinajstić information content (AvgIpc) is 3.22. The van der Waals surface area contributed by atoms with Crippen LogP contribution in [0.4, 0.5) is 9.52 Å². The Hall–Kier alpha value is -2.03. The van der Waals surface area contributed by atoms with Gasteiger partial charge in [0.2, 0.25) is 0 Å². The van der Waals surface area contributed by atoms with Crippen molar-refractivity contribution in [2.45, 2.75) is 43.4 Å². The number of aliphatic hydroxyl groups excluding tert-OH is 1. The van der Waals surface area contributed by atoms with Crippen molar-refractivity contribution in [1.29, 1.82) is 0 Å². The van der Waals surface area contributed by atoms with Gasteiger partial charge in [0, 0.05) is 36.8 Å². The highest BCUT2D eigenvalue weighted by molar-refractivity contribution is 7.13. The Labute approximate surface area is 167 Å². The van der Waals surface area contributed by atoms with E-state index in [4.69, 9.17) is 4.74 Å². The van der Waals surface area contributed by atoms with Crippen LogP contribution >= 0.6 is 11.3 Å². The second-order valence-corrected chi connectivity index (χ2v) is 8.62. The standard InChI is InChI=1S/C20H24FN3O3S/c1-19(23-16(25)14-3-2-4-15(21)13-14)7-11-27-20(17(19)26)5-9-24(10-6-20)18-22-8-12-28-18/h2-4,8,12-13,17,26H,5-7,9-11H2,1H3,(H,23,25)/t17-,19+/m1/s1. The first-order chi connectivity index (χ1) is 13.4. The van der Waals surface area contributed by atoms with Gasteiger partial charge in [-0.05, 0) is 44.4 Å². The van der Waals surface area contributed by atoms with Crippen molar-refractivity contribution in [3.63, 3.8) is 0 Å². The largest absolute Gasteiger partial charge is 0.388 e. The number of amides is 1. The van der Waals surface area contributed by atoms with E-state index in [0.717, 1.165) is 18.2 Å². The van der Waals surface area contributed by atoms with Crippen molar-refractivity contribution in [3.05, 3.63) is 47.2 Å². The van der Waals surface area contributed by atoms with Crippen LogP contribution < -0.4 is 10.2 Å². The molecule has 2 aromatic rings. The van der Waals surface area contributed by atoms with Crippen molar-refractivity contribution >= 4 is 22.4 Å². The Kier molecular flexibility index (Phi) is 5.11. The number of piperidine rings is 1. The molecule has 1 aromatic carbocycles. The number of halogens is 1. The van der Waals surface area contributed by atoms with Gasteiger partial charge in [0.25, 0.3) is 5.91 Å². The van der Waals surface area contributed by atoms with Crippen LogP contribution in [0.5, 0.6) is 0 Å². The SMILES string of the molecule is C[C@]1(NC(=O)c2cccc(F)c2)CCOC2(CCN(c3nccs3)CC2)[C@@H]1O. The fourth-order valence-electron chi connectivity index (χ4n) is 4.22. The summed E-state index contributed by atoms with van der Waals surface area (Å²) in [5.74, 6) is -0.852. The molecule has 0 aliphatic carbocycles. The smallest absolute Gasteiger partial charge is 0.251 e. The Balaban J connectivity index is 1.48. The molecule has 1 amide bonds. The zero-order chi connectivity index (χ0) is 19.8. The third-order valence-electron chi connectivity index (χ3n) is 5.90. The van der Waals surface area contributed by atoms with E-state index in [1.807, 2.05) is 12.3 Å². The highest BCUT2D eigenvalue weighted by Gasteiger charge is 2.54. The normalized spacial score (nSPS) is 27.0. The van der Waals surface area contributed by atoms with Gasteiger partial charge in [-0.2, -0.15) is 0 Å². The minimum absolute atomic E-state index is 0.243. The summed E-state index contributed by atoms with van der Waals surface area (Å²) in [5, 5.41) is 17.1. The van der Waals surface area contributed by atoms with Gasteiger partial charge >= 0.3 is 0 Å². The van der Waals surface area contributed by atoms with Crippen LogP contribution in [0.15, 0.2) is 35.8 Å². The number of carbonyl (C=O) groups excluding carboxylic acids is 1. The lowest BCUT2D eigenvalue weighted by Gasteiger charge is -2.53. The maximum absolute atomic E-state index is 13.5. The number of carbonyl (C=O) groups is 1. The predicted octanol–water partition coefficient (Wildman–Crippen LogP) is 2.59. The summed E-state index contributed by atoms with van der Waals surface area (Å²) in [5.41, 5.74) is -1.30. The summed E-state index contributed by atoms with van der Waals surface area (Å²) in [6.45, 7) is 3.76. The van der Waals surface area contributed by atoms with Gasteiger partial charge in [0.1, 0.15) is 11.9 Å². The molecule has 0 bridgehead atoms. The van der Waals surface area contributed by atoms with E-state index in [9.17, 15) is 14.3 Å². The van der Waals surface area contributed by atoms with Crippen LogP contribution in [-0.4, -0.2) is 52.9 Å². The molecule has 2 aliphatic heterocycles. The molecule has 3 heterocycles. The van der Waals surface area contributed by atoms with Crippen molar-refractivity contribution in [1.82, 2.24) is 10.3 Å². The zero-order valence-electron chi connectivity index (χ0n) is 15.7. The number of thiazole rings is 1. The Bertz CT molecular complexity index is 839. The average molecular weight is 405 g/mol. The van der Waals surface area contributed by atoms with Crippen LogP contribution in [0.3, 0.4) is 0 Å². The number of ether oxygens (including phenoxy) is 1. The molecule has 2 aliphatic rings. The van der Waals surface area contributed by atoms with Gasteiger partial charge in [0.15, 0.2) is 5.13 Å².